The summed E-state index contributed by atoms with van der Waals surface area (Å²) in [7, 11) is 0.0459. The lowest BCUT2D eigenvalue weighted by atomic mass is 10.0. The van der Waals surface area contributed by atoms with Crippen molar-refractivity contribution in [2.24, 2.45) is 5.92 Å². The Morgan fingerprint density at radius 1 is 1.15 bits per heavy atom. The summed E-state index contributed by atoms with van der Waals surface area (Å²) < 4.78 is 41.1. The molecule has 0 aromatic heterocycles. The van der Waals surface area contributed by atoms with Gasteiger partial charge in [-0.15, -0.1) is 0 Å². The maximum absolute atomic E-state index is 14.1. The highest BCUT2D eigenvalue weighted by atomic mass is 35.5. The number of hydrogen-bond donors (Lipinski definition) is 2. The number of halogens is 1. The first-order valence-electron chi connectivity index (χ1n) is 13.7. The molecule has 2 N–H and O–H groups in total. The van der Waals surface area contributed by atoms with Gasteiger partial charge in [-0.3, -0.25) is 9.52 Å². The van der Waals surface area contributed by atoms with Gasteiger partial charge in [0.2, 0.25) is 0 Å². The van der Waals surface area contributed by atoms with Crippen molar-refractivity contribution in [2.75, 3.05) is 45.1 Å². The van der Waals surface area contributed by atoms with E-state index in [4.69, 9.17) is 21.1 Å². The molecule has 0 fully saturated rings. The molecular formula is C29H42ClN3O6S. The normalized spacial score (nSPS) is 22.2. The number of ether oxygens (including phenoxy) is 2. The average molecular weight is 596 g/mol. The molecule has 222 valence electrons. The van der Waals surface area contributed by atoms with Crippen LogP contribution in [-0.2, 0) is 14.8 Å². The van der Waals surface area contributed by atoms with E-state index in [0.717, 1.165) is 19.3 Å². The fourth-order valence-corrected chi connectivity index (χ4v) is 5.81. The monoisotopic (exact) mass is 595 g/mol. The molecule has 9 nitrogen and oxygen atoms in total. The summed E-state index contributed by atoms with van der Waals surface area (Å²) in [6, 6.07) is 10.1. The van der Waals surface area contributed by atoms with Crippen molar-refractivity contribution in [3.8, 4) is 5.75 Å². The lowest BCUT2D eigenvalue weighted by molar-refractivity contribution is -0.0137. The summed E-state index contributed by atoms with van der Waals surface area (Å²) in [4.78, 5) is 17.8. The average Bonchev–Trinajstić information content (AvgIpc) is 2.90. The molecule has 0 spiro atoms. The van der Waals surface area contributed by atoms with Gasteiger partial charge in [0.1, 0.15) is 5.75 Å². The van der Waals surface area contributed by atoms with Crippen LogP contribution in [0.3, 0.4) is 0 Å². The summed E-state index contributed by atoms with van der Waals surface area (Å²) in [5.74, 6) is -0.0186. The number of likely N-dealkylation sites (N-methyl/N-ethyl adjacent to an activating group) is 1. The van der Waals surface area contributed by atoms with Crippen molar-refractivity contribution in [3.05, 3.63) is 53.1 Å². The predicted octanol–water partition coefficient (Wildman–Crippen LogP) is 4.50. The van der Waals surface area contributed by atoms with Gasteiger partial charge in [-0.05, 0) is 89.7 Å². The van der Waals surface area contributed by atoms with E-state index in [2.05, 4.69) is 9.62 Å². The standard InChI is InChI=1S/C29H42ClN3O6S/c1-20-17-33(21(2)19-34)29(35)26-16-24(31-40(36,37)25-12-9-23(30)10-13-25)11-14-27(26)39-22(3)8-6-7-15-38-28(20)18-32(4)5/h9-14,16,20-22,28,31,34H,6-8,15,17-19H2,1-5H3/t20-,21-,22-,28+/m1/s1. The number of sulfonamides is 1. The van der Waals surface area contributed by atoms with E-state index in [-0.39, 0.29) is 46.8 Å². The van der Waals surface area contributed by atoms with Gasteiger partial charge in [0.05, 0.1) is 35.3 Å². The summed E-state index contributed by atoms with van der Waals surface area (Å²) in [6.07, 6.45) is 2.28. The fraction of sp³-hybridized carbons (Fsp3) is 0.552. The molecule has 3 rings (SSSR count). The Morgan fingerprint density at radius 2 is 1.85 bits per heavy atom. The van der Waals surface area contributed by atoms with E-state index in [1.807, 2.05) is 27.9 Å². The van der Waals surface area contributed by atoms with Crippen LogP contribution in [0.5, 0.6) is 5.75 Å². The number of amides is 1. The first-order chi connectivity index (χ1) is 18.9. The molecule has 11 heteroatoms. The second kappa shape index (κ2) is 14.5. The smallest absolute Gasteiger partial charge is 0.261 e. The number of hydrogen-bond acceptors (Lipinski definition) is 7. The minimum absolute atomic E-state index is 0.0295. The lowest BCUT2D eigenvalue weighted by Crippen LogP contribution is -2.47. The number of nitrogens with zero attached hydrogens (tertiary/aromatic N) is 2. The van der Waals surface area contributed by atoms with E-state index >= 15 is 0 Å². The molecule has 0 unspecified atom stereocenters. The van der Waals surface area contributed by atoms with E-state index in [9.17, 15) is 18.3 Å². The highest BCUT2D eigenvalue weighted by Gasteiger charge is 2.30. The quantitative estimate of drug-likeness (QED) is 0.485. The molecule has 2 aromatic carbocycles. The maximum atomic E-state index is 14.1. The summed E-state index contributed by atoms with van der Waals surface area (Å²) in [5.41, 5.74) is 0.440. The Labute approximate surface area is 243 Å². The fourth-order valence-electron chi connectivity index (χ4n) is 4.64. The molecule has 40 heavy (non-hydrogen) atoms. The molecule has 0 radical (unpaired) electrons. The van der Waals surface area contributed by atoms with Gasteiger partial charge in [0.15, 0.2) is 0 Å². The molecule has 0 saturated heterocycles. The van der Waals surface area contributed by atoms with Crippen LogP contribution in [0.25, 0.3) is 0 Å². The van der Waals surface area contributed by atoms with E-state index < -0.39 is 16.1 Å². The third kappa shape index (κ3) is 8.81. The molecule has 2 aromatic rings. The maximum Gasteiger partial charge on any atom is 0.261 e. The van der Waals surface area contributed by atoms with Gasteiger partial charge < -0.3 is 24.4 Å². The summed E-state index contributed by atoms with van der Waals surface area (Å²) in [6.45, 7) is 7.20. The van der Waals surface area contributed by atoms with Gasteiger partial charge in [0, 0.05) is 36.3 Å². The first-order valence-corrected chi connectivity index (χ1v) is 15.5. The highest BCUT2D eigenvalue weighted by molar-refractivity contribution is 7.92. The number of nitrogens with one attached hydrogen (secondary N) is 1. The Balaban J connectivity index is 2.02. The van der Waals surface area contributed by atoms with Gasteiger partial charge in [0.25, 0.3) is 15.9 Å². The van der Waals surface area contributed by atoms with Crippen LogP contribution < -0.4 is 9.46 Å². The van der Waals surface area contributed by atoms with Crippen LogP contribution >= 0.6 is 11.6 Å². The zero-order chi connectivity index (χ0) is 29.4. The predicted molar refractivity (Wildman–Crippen MR) is 158 cm³/mol. The van der Waals surface area contributed by atoms with E-state index in [0.29, 0.717) is 30.5 Å². The van der Waals surface area contributed by atoms with Crippen molar-refractivity contribution in [1.82, 2.24) is 9.80 Å². The molecule has 1 aliphatic heterocycles. The van der Waals surface area contributed by atoms with Crippen molar-refractivity contribution in [3.63, 3.8) is 0 Å². The van der Waals surface area contributed by atoms with Crippen LogP contribution in [0.15, 0.2) is 47.4 Å². The summed E-state index contributed by atoms with van der Waals surface area (Å²) in [5, 5.41) is 10.5. The Bertz CT molecular complexity index is 1220. The third-order valence-electron chi connectivity index (χ3n) is 6.97. The first kappa shape index (κ1) is 32.1. The van der Waals surface area contributed by atoms with Crippen LogP contribution in [-0.4, -0.2) is 87.9 Å². The van der Waals surface area contributed by atoms with Crippen LogP contribution in [0.2, 0.25) is 5.02 Å². The topological polar surface area (TPSA) is 108 Å². The lowest BCUT2D eigenvalue weighted by Gasteiger charge is -2.35. The minimum Gasteiger partial charge on any atom is -0.490 e. The third-order valence-corrected chi connectivity index (χ3v) is 8.62. The number of benzene rings is 2. The Hall–Kier alpha value is -2.37. The van der Waals surface area contributed by atoms with Gasteiger partial charge in [-0.25, -0.2) is 8.42 Å². The number of anilines is 1. The molecule has 0 saturated carbocycles. The molecule has 1 amide bonds. The number of rotatable bonds is 7. The van der Waals surface area contributed by atoms with Crippen molar-refractivity contribution in [2.45, 2.75) is 63.2 Å². The van der Waals surface area contributed by atoms with Gasteiger partial charge in [-0.2, -0.15) is 0 Å². The number of aliphatic hydroxyl groups excluding tert-OH is 1. The summed E-state index contributed by atoms with van der Waals surface area (Å²) >= 11 is 5.92. The molecule has 0 aliphatic carbocycles. The molecule has 1 aliphatic rings. The SMILES string of the molecule is C[C@@H]1CCCCO[C@@H](CN(C)C)[C@H](C)CN([C@H](C)CO)C(=O)c2cc(NS(=O)(=O)c3ccc(Cl)cc3)ccc2O1. The second-order valence-corrected chi connectivity index (χ2v) is 13.0. The highest BCUT2D eigenvalue weighted by Crippen LogP contribution is 2.29. The largest absolute Gasteiger partial charge is 0.490 e. The zero-order valence-electron chi connectivity index (χ0n) is 24.0. The molecular weight excluding hydrogens is 554 g/mol. The van der Waals surface area contributed by atoms with E-state index in [1.165, 1.54) is 30.3 Å². The number of fused-ring (bicyclic) bond motifs is 1. The number of carbonyl (C=O) groups excluding carboxylic acids is 1. The second-order valence-electron chi connectivity index (χ2n) is 10.8. The molecule has 1 heterocycles. The minimum atomic E-state index is -3.93. The van der Waals surface area contributed by atoms with Crippen LogP contribution in [0, 0.1) is 5.92 Å². The number of carbonyl (C=O) groups is 1. The van der Waals surface area contributed by atoms with Crippen LogP contribution in [0.1, 0.15) is 50.4 Å². The van der Waals surface area contributed by atoms with E-state index in [1.54, 1.807) is 24.0 Å². The van der Waals surface area contributed by atoms with Gasteiger partial charge in [-0.1, -0.05) is 18.5 Å². The van der Waals surface area contributed by atoms with Crippen molar-refractivity contribution >= 4 is 33.2 Å². The van der Waals surface area contributed by atoms with Crippen molar-refractivity contribution in [1.29, 1.82) is 0 Å². The Kier molecular flexibility index (Phi) is 11.7. The Morgan fingerprint density at radius 3 is 2.50 bits per heavy atom. The number of aliphatic hydroxyl groups is 1. The van der Waals surface area contributed by atoms with Crippen LogP contribution in [0.4, 0.5) is 5.69 Å². The molecule has 4 atom stereocenters. The van der Waals surface area contributed by atoms with Gasteiger partial charge >= 0.3 is 0 Å². The van der Waals surface area contributed by atoms with Crippen molar-refractivity contribution < 1.29 is 27.8 Å². The zero-order valence-corrected chi connectivity index (χ0v) is 25.5. The molecule has 0 bridgehead atoms.